The summed E-state index contributed by atoms with van der Waals surface area (Å²) in [7, 11) is 0. The molecule has 0 bridgehead atoms. The molecular weight excluding hydrogens is 250 g/mol. The van der Waals surface area contributed by atoms with Crippen LogP contribution in [0.3, 0.4) is 0 Å². The summed E-state index contributed by atoms with van der Waals surface area (Å²) in [5.41, 5.74) is 1.22. The van der Waals surface area contributed by atoms with Crippen molar-refractivity contribution >= 4 is 0 Å². The predicted octanol–water partition coefficient (Wildman–Crippen LogP) is 3.04. The van der Waals surface area contributed by atoms with Gasteiger partial charge in [0.15, 0.2) is 5.75 Å². The molecule has 2 heterocycles. The molecule has 0 spiro atoms. The molecule has 1 aliphatic heterocycles. The van der Waals surface area contributed by atoms with Crippen molar-refractivity contribution in [3.8, 4) is 11.5 Å². The fourth-order valence-electron chi connectivity index (χ4n) is 2.40. The number of aryl methyl sites for hydroxylation is 1. The van der Waals surface area contributed by atoms with E-state index in [0.717, 1.165) is 31.1 Å². The van der Waals surface area contributed by atoms with Gasteiger partial charge in [0.2, 0.25) is 0 Å². The lowest BCUT2D eigenvalue weighted by molar-refractivity contribution is 0.440. The van der Waals surface area contributed by atoms with Crippen LogP contribution in [0.25, 0.3) is 0 Å². The van der Waals surface area contributed by atoms with E-state index in [1.165, 1.54) is 12.0 Å². The van der Waals surface area contributed by atoms with Gasteiger partial charge in [-0.25, -0.2) is 9.97 Å². The molecule has 0 saturated carbocycles. The highest BCUT2D eigenvalue weighted by atomic mass is 16.5. The fourth-order valence-corrected chi connectivity index (χ4v) is 2.40. The Bertz CT molecular complexity index is 545. The van der Waals surface area contributed by atoms with E-state index in [2.05, 4.69) is 22.2 Å². The van der Waals surface area contributed by atoms with Crippen molar-refractivity contribution in [3.63, 3.8) is 0 Å². The summed E-state index contributed by atoms with van der Waals surface area (Å²) in [5.74, 6) is 2.83. The maximum absolute atomic E-state index is 5.74. The van der Waals surface area contributed by atoms with E-state index in [9.17, 15) is 0 Å². The van der Waals surface area contributed by atoms with Crippen LogP contribution in [0.4, 0.5) is 0 Å². The summed E-state index contributed by atoms with van der Waals surface area (Å²) in [6, 6.07) is 7.96. The molecular formula is C16H19N3O. The minimum absolute atomic E-state index is 0.428. The summed E-state index contributed by atoms with van der Waals surface area (Å²) in [6.45, 7) is 4.13. The molecule has 0 radical (unpaired) electrons. The van der Waals surface area contributed by atoms with Gasteiger partial charge < -0.3 is 10.1 Å². The Hall–Kier alpha value is -1.94. The smallest absolute Gasteiger partial charge is 0.164 e. The van der Waals surface area contributed by atoms with Crippen LogP contribution >= 0.6 is 0 Å². The molecule has 1 aromatic heterocycles. The van der Waals surface area contributed by atoms with Crippen molar-refractivity contribution in [1.29, 1.82) is 0 Å². The van der Waals surface area contributed by atoms with Crippen molar-refractivity contribution in [2.75, 3.05) is 13.1 Å². The highest BCUT2D eigenvalue weighted by Gasteiger charge is 2.17. The van der Waals surface area contributed by atoms with Crippen molar-refractivity contribution in [3.05, 3.63) is 48.0 Å². The van der Waals surface area contributed by atoms with Crippen LogP contribution in [0.15, 0.2) is 36.7 Å². The van der Waals surface area contributed by atoms with E-state index >= 15 is 0 Å². The zero-order valence-electron chi connectivity index (χ0n) is 11.7. The highest BCUT2D eigenvalue weighted by Crippen LogP contribution is 2.23. The van der Waals surface area contributed by atoms with Crippen LogP contribution in [0.5, 0.6) is 11.5 Å². The molecule has 3 rings (SSSR count). The molecule has 4 nitrogen and oxygen atoms in total. The molecule has 1 aromatic carbocycles. The van der Waals surface area contributed by atoms with Gasteiger partial charge in [0, 0.05) is 12.5 Å². The summed E-state index contributed by atoms with van der Waals surface area (Å²) in [5, 5.41) is 3.38. The second-order valence-electron chi connectivity index (χ2n) is 5.24. The molecule has 1 saturated heterocycles. The number of benzene rings is 1. The first kappa shape index (κ1) is 13.1. The molecule has 0 amide bonds. The van der Waals surface area contributed by atoms with E-state index in [-0.39, 0.29) is 0 Å². The molecule has 0 aliphatic carbocycles. The Morgan fingerprint density at radius 1 is 1.10 bits per heavy atom. The highest BCUT2D eigenvalue weighted by molar-refractivity contribution is 5.30. The first-order valence-electron chi connectivity index (χ1n) is 7.08. The second kappa shape index (κ2) is 6.01. The van der Waals surface area contributed by atoms with Gasteiger partial charge in [-0.15, -0.1) is 0 Å². The van der Waals surface area contributed by atoms with E-state index in [1.54, 1.807) is 12.4 Å². The van der Waals surface area contributed by atoms with E-state index in [4.69, 9.17) is 4.74 Å². The Labute approximate surface area is 119 Å². The lowest BCUT2D eigenvalue weighted by Gasteiger charge is -2.21. The van der Waals surface area contributed by atoms with Gasteiger partial charge in [0.1, 0.15) is 11.6 Å². The number of nitrogens with one attached hydrogen (secondary N) is 1. The van der Waals surface area contributed by atoms with Gasteiger partial charge in [0.25, 0.3) is 0 Å². The van der Waals surface area contributed by atoms with Crippen LogP contribution in [0.1, 0.15) is 30.1 Å². The number of nitrogens with zero attached hydrogens (tertiary/aromatic N) is 2. The number of hydrogen-bond donors (Lipinski definition) is 1. The third-order valence-corrected chi connectivity index (χ3v) is 3.57. The van der Waals surface area contributed by atoms with Crippen molar-refractivity contribution in [2.24, 2.45) is 0 Å². The predicted molar refractivity (Wildman–Crippen MR) is 78.1 cm³/mol. The average molecular weight is 269 g/mol. The first-order valence-corrected chi connectivity index (χ1v) is 7.08. The van der Waals surface area contributed by atoms with Gasteiger partial charge in [-0.05, 0) is 38.4 Å². The van der Waals surface area contributed by atoms with Crippen LogP contribution in [-0.4, -0.2) is 23.1 Å². The van der Waals surface area contributed by atoms with Gasteiger partial charge >= 0.3 is 0 Å². The summed E-state index contributed by atoms with van der Waals surface area (Å²) >= 11 is 0. The Morgan fingerprint density at radius 3 is 2.50 bits per heavy atom. The van der Waals surface area contributed by atoms with E-state index in [1.807, 2.05) is 24.3 Å². The molecule has 2 aromatic rings. The van der Waals surface area contributed by atoms with Crippen LogP contribution in [0, 0.1) is 6.92 Å². The zero-order valence-corrected chi connectivity index (χ0v) is 11.7. The SMILES string of the molecule is Cc1ccc(Oc2cnc(C3CCCNC3)nc2)cc1. The van der Waals surface area contributed by atoms with Gasteiger partial charge in [-0.1, -0.05) is 17.7 Å². The summed E-state index contributed by atoms with van der Waals surface area (Å²) in [4.78, 5) is 8.88. The molecule has 20 heavy (non-hydrogen) atoms. The van der Waals surface area contributed by atoms with Gasteiger partial charge in [-0.3, -0.25) is 0 Å². The molecule has 1 fully saturated rings. The standard InChI is InChI=1S/C16H19N3O/c1-12-4-6-14(7-5-12)20-15-10-18-16(19-11-15)13-3-2-8-17-9-13/h4-7,10-11,13,17H,2-3,8-9H2,1H3. The van der Waals surface area contributed by atoms with Gasteiger partial charge in [-0.2, -0.15) is 0 Å². The Balaban J connectivity index is 1.67. The van der Waals surface area contributed by atoms with Crippen molar-refractivity contribution in [1.82, 2.24) is 15.3 Å². The number of rotatable bonds is 3. The number of hydrogen-bond acceptors (Lipinski definition) is 4. The lowest BCUT2D eigenvalue weighted by atomic mass is 9.99. The first-order chi connectivity index (χ1) is 9.81. The van der Waals surface area contributed by atoms with Crippen LogP contribution in [-0.2, 0) is 0 Å². The van der Waals surface area contributed by atoms with Crippen LogP contribution < -0.4 is 10.1 Å². The quantitative estimate of drug-likeness (QED) is 0.930. The second-order valence-corrected chi connectivity index (χ2v) is 5.24. The summed E-state index contributed by atoms with van der Waals surface area (Å²) in [6.07, 6.45) is 5.87. The zero-order chi connectivity index (χ0) is 13.8. The minimum atomic E-state index is 0.428. The fraction of sp³-hybridized carbons (Fsp3) is 0.375. The third kappa shape index (κ3) is 3.14. The van der Waals surface area contributed by atoms with E-state index < -0.39 is 0 Å². The monoisotopic (exact) mass is 269 g/mol. The van der Waals surface area contributed by atoms with E-state index in [0.29, 0.717) is 11.7 Å². The molecule has 1 N–H and O–H groups in total. The number of ether oxygens (including phenoxy) is 1. The number of piperidine rings is 1. The Morgan fingerprint density at radius 2 is 1.85 bits per heavy atom. The topological polar surface area (TPSA) is 47.0 Å². The van der Waals surface area contributed by atoms with Crippen molar-refractivity contribution < 1.29 is 4.74 Å². The molecule has 1 aliphatic rings. The van der Waals surface area contributed by atoms with Crippen molar-refractivity contribution in [2.45, 2.75) is 25.7 Å². The lowest BCUT2D eigenvalue weighted by Crippen LogP contribution is -2.29. The number of aromatic nitrogens is 2. The summed E-state index contributed by atoms with van der Waals surface area (Å²) < 4.78 is 5.74. The average Bonchev–Trinajstić information content (AvgIpc) is 2.51. The minimum Gasteiger partial charge on any atom is -0.454 e. The maximum atomic E-state index is 5.74. The molecule has 4 heteroatoms. The Kier molecular flexibility index (Phi) is 3.92. The molecule has 1 unspecified atom stereocenters. The largest absolute Gasteiger partial charge is 0.454 e. The molecule has 104 valence electrons. The molecule has 1 atom stereocenters. The third-order valence-electron chi connectivity index (χ3n) is 3.57. The maximum Gasteiger partial charge on any atom is 0.164 e. The normalized spacial score (nSPS) is 18.8. The van der Waals surface area contributed by atoms with Crippen LogP contribution in [0.2, 0.25) is 0 Å². The van der Waals surface area contributed by atoms with Gasteiger partial charge in [0.05, 0.1) is 12.4 Å².